The summed E-state index contributed by atoms with van der Waals surface area (Å²) in [6, 6.07) is 12.8. The Balaban J connectivity index is 1.76. The molecule has 0 aromatic heterocycles. The van der Waals surface area contributed by atoms with Gasteiger partial charge in [-0.3, -0.25) is 4.90 Å². The van der Waals surface area contributed by atoms with Gasteiger partial charge in [-0.25, -0.2) is 0 Å². The predicted octanol–water partition coefficient (Wildman–Crippen LogP) is 2.48. The van der Waals surface area contributed by atoms with Gasteiger partial charge in [0.15, 0.2) is 5.79 Å². The number of ether oxygens (including phenoxy) is 2. The number of likely N-dealkylation sites (tertiary alicyclic amines) is 1. The Bertz CT molecular complexity index is 491. The summed E-state index contributed by atoms with van der Waals surface area (Å²) in [7, 11) is 0. The van der Waals surface area contributed by atoms with E-state index in [-0.39, 0.29) is 12.1 Å². The summed E-state index contributed by atoms with van der Waals surface area (Å²) in [4.78, 5) is 2.26. The number of hydrogen-bond donors (Lipinski definition) is 0. The van der Waals surface area contributed by atoms with Crippen molar-refractivity contribution in [2.24, 2.45) is 0 Å². The van der Waals surface area contributed by atoms with E-state index in [2.05, 4.69) is 30.0 Å². The lowest BCUT2D eigenvalue weighted by molar-refractivity contribution is -0.194. The molecule has 106 valence electrons. The van der Waals surface area contributed by atoms with Gasteiger partial charge in [-0.1, -0.05) is 30.3 Å². The van der Waals surface area contributed by atoms with Gasteiger partial charge in [0.2, 0.25) is 0 Å². The SMILES string of the molecule is C[C@@H](c1ccccc1)N1CCC2(C[C@H]1C#N)OCCO2. The molecule has 2 aliphatic heterocycles. The van der Waals surface area contributed by atoms with Gasteiger partial charge in [-0.15, -0.1) is 0 Å². The molecule has 1 spiro atoms. The van der Waals surface area contributed by atoms with E-state index in [0.717, 1.165) is 13.0 Å². The molecule has 2 saturated heterocycles. The van der Waals surface area contributed by atoms with Crippen molar-refractivity contribution in [1.82, 2.24) is 4.90 Å². The second-order valence-electron chi connectivity index (χ2n) is 5.53. The molecule has 20 heavy (non-hydrogen) atoms. The Labute approximate surface area is 119 Å². The summed E-state index contributed by atoms with van der Waals surface area (Å²) < 4.78 is 11.5. The summed E-state index contributed by atoms with van der Waals surface area (Å²) >= 11 is 0. The minimum absolute atomic E-state index is 0.156. The fraction of sp³-hybridized carbons (Fsp3) is 0.562. The quantitative estimate of drug-likeness (QED) is 0.829. The molecule has 1 aromatic rings. The average molecular weight is 272 g/mol. The van der Waals surface area contributed by atoms with Gasteiger partial charge in [-0.2, -0.15) is 5.26 Å². The number of nitrogens with zero attached hydrogens (tertiary/aromatic N) is 2. The number of piperidine rings is 1. The van der Waals surface area contributed by atoms with Crippen molar-refractivity contribution < 1.29 is 9.47 Å². The highest BCUT2D eigenvalue weighted by atomic mass is 16.7. The molecule has 0 bridgehead atoms. The first-order valence-electron chi connectivity index (χ1n) is 7.22. The van der Waals surface area contributed by atoms with E-state index in [1.54, 1.807) is 0 Å². The van der Waals surface area contributed by atoms with Crippen LogP contribution in [0.25, 0.3) is 0 Å². The zero-order chi connectivity index (χ0) is 14.0. The maximum Gasteiger partial charge on any atom is 0.172 e. The molecule has 2 heterocycles. The van der Waals surface area contributed by atoms with Crippen LogP contribution in [0.1, 0.15) is 31.4 Å². The first-order valence-corrected chi connectivity index (χ1v) is 7.22. The number of benzene rings is 1. The summed E-state index contributed by atoms with van der Waals surface area (Å²) in [5, 5.41) is 9.50. The molecule has 2 atom stereocenters. The second kappa shape index (κ2) is 5.53. The van der Waals surface area contributed by atoms with Crippen molar-refractivity contribution in [3.8, 4) is 6.07 Å². The highest BCUT2D eigenvalue weighted by Crippen LogP contribution is 2.37. The van der Waals surface area contributed by atoms with E-state index in [1.807, 2.05) is 18.2 Å². The van der Waals surface area contributed by atoms with Gasteiger partial charge in [-0.05, 0) is 12.5 Å². The molecule has 3 rings (SSSR count). The fourth-order valence-corrected chi connectivity index (χ4v) is 3.23. The smallest absolute Gasteiger partial charge is 0.172 e. The lowest BCUT2D eigenvalue weighted by Gasteiger charge is -2.43. The second-order valence-corrected chi connectivity index (χ2v) is 5.53. The van der Waals surface area contributed by atoms with Gasteiger partial charge in [0.1, 0.15) is 6.04 Å². The zero-order valence-corrected chi connectivity index (χ0v) is 11.8. The molecule has 1 aromatic carbocycles. The fourth-order valence-electron chi connectivity index (χ4n) is 3.23. The highest BCUT2D eigenvalue weighted by Gasteiger charge is 2.45. The number of nitriles is 1. The van der Waals surface area contributed by atoms with Gasteiger partial charge in [0.05, 0.1) is 19.3 Å². The summed E-state index contributed by atoms with van der Waals surface area (Å²) in [6.45, 7) is 4.28. The van der Waals surface area contributed by atoms with Crippen LogP contribution in [0.2, 0.25) is 0 Å². The van der Waals surface area contributed by atoms with E-state index in [9.17, 15) is 5.26 Å². The summed E-state index contributed by atoms with van der Waals surface area (Å²) in [5.41, 5.74) is 1.25. The average Bonchev–Trinajstić information content (AvgIpc) is 2.95. The zero-order valence-electron chi connectivity index (χ0n) is 11.8. The van der Waals surface area contributed by atoms with Crippen LogP contribution in [0.4, 0.5) is 0 Å². The van der Waals surface area contributed by atoms with Crippen LogP contribution in [-0.2, 0) is 9.47 Å². The Hall–Kier alpha value is -1.41. The third-order valence-electron chi connectivity index (χ3n) is 4.40. The molecule has 0 aliphatic carbocycles. The van der Waals surface area contributed by atoms with Gasteiger partial charge < -0.3 is 9.47 Å². The van der Waals surface area contributed by atoms with E-state index >= 15 is 0 Å². The monoisotopic (exact) mass is 272 g/mol. The maximum atomic E-state index is 9.50. The Kier molecular flexibility index (Phi) is 3.75. The standard InChI is InChI=1S/C16H20N2O2/c1-13(14-5-3-2-4-6-14)18-8-7-16(11-15(18)12-17)19-9-10-20-16/h2-6,13,15H,7-11H2,1H3/t13-,15-/m0/s1. The van der Waals surface area contributed by atoms with Crippen molar-refractivity contribution in [3.05, 3.63) is 35.9 Å². The van der Waals surface area contributed by atoms with Crippen LogP contribution in [0.3, 0.4) is 0 Å². The molecule has 2 fully saturated rings. The van der Waals surface area contributed by atoms with E-state index in [4.69, 9.17) is 9.47 Å². The molecule has 0 radical (unpaired) electrons. The molecule has 0 N–H and O–H groups in total. The van der Waals surface area contributed by atoms with Crippen molar-refractivity contribution >= 4 is 0 Å². The Morgan fingerprint density at radius 3 is 2.65 bits per heavy atom. The van der Waals surface area contributed by atoms with Crippen LogP contribution in [0.5, 0.6) is 0 Å². The van der Waals surface area contributed by atoms with Crippen LogP contribution in [-0.4, -0.2) is 36.5 Å². The van der Waals surface area contributed by atoms with Crippen molar-refractivity contribution in [2.75, 3.05) is 19.8 Å². The van der Waals surface area contributed by atoms with Crippen LogP contribution in [0.15, 0.2) is 30.3 Å². The normalized spacial score (nSPS) is 27.3. The summed E-state index contributed by atoms with van der Waals surface area (Å²) in [5.74, 6) is -0.507. The van der Waals surface area contributed by atoms with E-state index < -0.39 is 5.79 Å². The van der Waals surface area contributed by atoms with E-state index in [1.165, 1.54) is 5.56 Å². The van der Waals surface area contributed by atoms with E-state index in [0.29, 0.717) is 19.6 Å². The van der Waals surface area contributed by atoms with Gasteiger partial charge >= 0.3 is 0 Å². The maximum absolute atomic E-state index is 9.50. The molecule has 4 heteroatoms. The third kappa shape index (κ3) is 2.45. The largest absolute Gasteiger partial charge is 0.347 e. The molecular weight excluding hydrogens is 252 g/mol. The summed E-state index contributed by atoms with van der Waals surface area (Å²) in [6.07, 6.45) is 1.48. The Morgan fingerprint density at radius 1 is 1.30 bits per heavy atom. The van der Waals surface area contributed by atoms with Crippen molar-refractivity contribution in [1.29, 1.82) is 5.26 Å². The highest BCUT2D eigenvalue weighted by molar-refractivity contribution is 5.19. The molecule has 4 nitrogen and oxygen atoms in total. The molecule has 2 aliphatic rings. The van der Waals surface area contributed by atoms with Gasteiger partial charge in [0.25, 0.3) is 0 Å². The molecule has 0 saturated carbocycles. The van der Waals surface area contributed by atoms with Gasteiger partial charge in [0, 0.05) is 25.4 Å². The first-order chi connectivity index (χ1) is 9.74. The van der Waals surface area contributed by atoms with Crippen LogP contribution < -0.4 is 0 Å². The topological polar surface area (TPSA) is 45.5 Å². The molecule has 0 amide bonds. The first kappa shape index (κ1) is 13.6. The number of hydrogen-bond acceptors (Lipinski definition) is 4. The van der Waals surface area contributed by atoms with Crippen molar-refractivity contribution in [2.45, 2.75) is 37.6 Å². The van der Waals surface area contributed by atoms with Crippen LogP contribution >= 0.6 is 0 Å². The molecular formula is C16H20N2O2. The minimum Gasteiger partial charge on any atom is -0.347 e. The minimum atomic E-state index is -0.507. The Morgan fingerprint density at radius 2 is 2.00 bits per heavy atom. The predicted molar refractivity (Wildman–Crippen MR) is 74.8 cm³/mol. The lowest BCUT2D eigenvalue weighted by Crippen LogP contribution is -2.51. The number of rotatable bonds is 2. The molecule has 0 unspecified atom stereocenters. The van der Waals surface area contributed by atoms with Crippen molar-refractivity contribution in [3.63, 3.8) is 0 Å². The lowest BCUT2D eigenvalue weighted by atomic mass is 9.93. The van der Waals surface area contributed by atoms with Crippen LogP contribution in [0, 0.1) is 11.3 Å². The third-order valence-corrected chi connectivity index (χ3v) is 4.40.